The molecule has 1 aromatic carbocycles. The summed E-state index contributed by atoms with van der Waals surface area (Å²) in [6, 6.07) is 4.95. The van der Waals surface area contributed by atoms with E-state index in [1.54, 1.807) is 11.1 Å². The van der Waals surface area contributed by atoms with Crippen molar-refractivity contribution in [1.29, 1.82) is 0 Å². The van der Waals surface area contributed by atoms with E-state index in [0.29, 0.717) is 21.8 Å². The minimum atomic E-state index is 0. The van der Waals surface area contributed by atoms with Crippen LogP contribution in [0.1, 0.15) is 49.9 Å². The molecule has 130 valence electrons. The average molecular weight is 472 g/mol. The van der Waals surface area contributed by atoms with E-state index in [2.05, 4.69) is 53.7 Å². The first-order chi connectivity index (χ1) is 9.55. The third-order valence-corrected chi connectivity index (χ3v) is 8.85. The summed E-state index contributed by atoms with van der Waals surface area (Å²) in [5.41, 5.74) is 6.21. The van der Waals surface area contributed by atoms with Crippen molar-refractivity contribution in [3.63, 3.8) is 0 Å². The van der Waals surface area contributed by atoms with Crippen LogP contribution in [0.15, 0.2) is 12.1 Å². The Morgan fingerprint density at radius 1 is 0.636 bits per heavy atom. The van der Waals surface area contributed by atoms with Gasteiger partial charge in [0.1, 0.15) is 34.5 Å². The van der Waals surface area contributed by atoms with Gasteiger partial charge >= 0.3 is 0 Å². The number of rotatable bonds is 8. The van der Waals surface area contributed by atoms with Gasteiger partial charge in [0.2, 0.25) is 0 Å². The van der Waals surface area contributed by atoms with Gasteiger partial charge in [-0.1, -0.05) is 12.1 Å². The molecule has 0 amide bonds. The molecule has 0 saturated heterocycles. The van der Waals surface area contributed by atoms with Crippen molar-refractivity contribution in [2.75, 3.05) is 23.0 Å². The summed E-state index contributed by atoms with van der Waals surface area (Å²) in [7, 11) is 1.15. The maximum Gasteiger partial charge on any atom is 0.133 e. The van der Waals surface area contributed by atoms with E-state index in [1.165, 1.54) is 45.6 Å². The Morgan fingerprint density at radius 3 is 1.14 bits per heavy atom. The molecule has 4 heteroatoms. The van der Waals surface area contributed by atoms with E-state index in [9.17, 15) is 0 Å². The van der Waals surface area contributed by atoms with Crippen molar-refractivity contribution in [3.8, 4) is 0 Å². The van der Waals surface area contributed by atoms with Gasteiger partial charge in [-0.25, -0.2) is 0 Å². The highest BCUT2D eigenvalue weighted by atomic mass is 79.9. The van der Waals surface area contributed by atoms with Crippen LogP contribution in [0.2, 0.25) is 0 Å². The Morgan fingerprint density at radius 2 is 0.909 bits per heavy atom. The van der Waals surface area contributed by atoms with Crippen LogP contribution in [0.3, 0.4) is 0 Å². The molecule has 0 heterocycles. The van der Waals surface area contributed by atoms with E-state index >= 15 is 0 Å². The standard InChI is InChI=1S/C18H32S2.2BrH/c1-7-19(8-2)13-17-11-16(6)18(12-15(17)5)14-20(9-3)10-4;;/h11-12H,7-10,13-14H2,1-6H3;2*1H/q+2;;/p-2. The Balaban J connectivity index is 0. The highest BCUT2D eigenvalue weighted by molar-refractivity contribution is 7.96. The zero-order chi connectivity index (χ0) is 15.1. The lowest BCUT2D eigenvalue weighted by Gasteiger charge is -2.13. The first-order valence-electron chi connectivity index (χ1n) is 7.92. The fourth-order valence-corrected chi connectivity index (χ4v) is 5.64. The van der Waals surface area contributed by atoms with Crippen molar-refractivity contribution in [2.24, 2.45) is 0 Å². The molecule has 0 N–H and O–H groups in total. The zero-order valence-corrected chi connectivity index (χ0v) is 19.8. The minimum absolute atomic E-state index is 0. The van der Waals surface area contributed by atoms with Crippen molar-refractivity contribution < 1.29 is 34.0 Å². The molecule has 0 aromatic heterocycles. The summed E-state index contributed by atoms with van der Waals surface area (Å²) >= 11 is 0. The maximum absolute atomic E-state index is 2.48. The molecule has 0 radical (unpaired) electrons. The monoisotopic (exact) mass is 470 g/mol. The largest absolute Gasteiger partial charge is 1.00 e. The quantitative estimate of drug-likeness (QED) is 0.410. The summed E-state index contributed by atoms with van der Waals surface area (Å²) < 4.78 is 0. The summed E-state index contributed by atoms with van der Waals surface area (Å²) in [6.45, 7) is 13.9. The second-order valence-electron chi connectivity index (χ2n) is 5.37. The van der Waals surface area contributed by atoms with Crippen molar-refractivity contribution in [3.05, 3.63) is 34.4 Å². The van der Waals surface area contributed by atoms with E-state index in [4.69, 9.17) is 0 Å². The topological polar surface area (TPSA) is 0 Å². The third kappa shape index (κ3) is 7.63. The van der Waals surface area contributed by atoms with E-state index in [-0.39, 0.29) is 34.0 Å². The fourth-order valence-electron chi connectivity index (χ4n) is 2.50. The van der Waals surface area contributed by atoms with E-state index in [1.807, 2.05) is 0 Å². The molecular formula is C18H32Br2S2. The van der Waals surface area contributed by atoms with Gasteiger partial charge in [0, 0.05) is 11.1 Å². The highest BCUT2D eigenvalue weighted by Gasteiger charge is 2.19. The predicted octanol–water partition coefficient (Wildman–Crippen LogP) is -1.37. The second kappa shape index (κ2) is 13.2. The third-order valence-electron chi connectivity index (χ3n) is 4.15. The molecular weight excluding hydrogens is 440 g/mol. The van der Waals surface area contributed by atoms with Gasteiger partial charge in [-0.05, 0) is 74.5 Å². The lowest BCUT2D eigenvalue weighted by atomic mass is 10.0. The van der Waals surface area contributed by atoms with Gasteiger partial charge in [0.05, 0.1) is 0 Å². The lowest BCUT2D eigenvalue weighted by molar-refractivity contribution is -0.00100. The molecule has 0 aliphatic heterocycles. The molecule has 0 atom stereocenters. The van der Waals surface area contributed by atoms with Gasteiger partial charge in [0.15, 0.2) is 0 Å². The first-order valence-corrected chi connectivity index (χ1v) is 11.4. The molecule has 0 bridgehead atoms. The molecule has 1 rings (SSSR count). The first kappa shape index (κ1) is 25.1. The summed E-state index contributed by atoms with van der Waals surface area (Å²) in [6.07, 6.45) is 0. The minimum Gasteiger partial charge on any atom is -1.00 e. The Kier molecular flexibility index (Phi) is 15.1. The fraction of sp³-hybridized carbons (Fsp3) is 0.667. The van der Waals surface area contributed by atoms with Crippen molar-refractivity contribution in [2.45, 2.75) is 53.0 Å². The molecule has 0 aliphatic rings. The van der Waals surface area contributed by atoms with Gasteiger partial charge in [-0.2, -0.15) is 0 Å². The molecule has 0 spiro atoms. The van der Waals surface area contributed by atoms with Crippen LogP contribution in [-0.2, 0) is 33.3 Å². The summed E-state index contributed by atoms with van der Waals surface area (Å²) in [5, 5.41) is 0. The maximum atomic E-state index is 2.48. The normalized spacial score (nSPS) is 10.5. The SMILES string of the molecule is CC[S+](CC)Cc1cc(C)c(C[S+](CC)CC)cc1C.[Br-].[Br-]. The van der Waals surface area contributed by atoms with Gasteiger partial charge in [-0.15, -0.1) is 0 Å². The summed E-state index contributed by atoms with van der Waals surface area (Å²) in [5.74, 6) is 7.87. The molecule has 0 unspecified atom stereocenters. The average Bonchev–Trinajstić information content (AvgIpc) is 2.46. The van der Waals surface area contributed by atoms with Gasteiger partial charge in [-0.3, -0.25) is 0 Å². The Labute approximate surface area is 165 Å². The van der Waals surface area contributed by atoms with E-state index in [0.717, 1.165) is 0 Å². The van der Waals surface area contributed by atoms with Crippen LogP contribution < -0.4 is 34.0 Å². The van der Waals surface area contributed by atoms with Crippen LogP contribution in [-0.4, -0.2) is 23.0 Å². The van der Waals surface area contributed by atoms with Gasteiger partial charge < -0.3 is 34.0 Å². The molecule has 0 fully saturated rings. The molecule has 22 heavy (non-hydrogen) atoms. The number of benzene rings is 1. The smallest absolute Gasteiger partial charge is 0.133 e. The number of hydrogen-bond acceptors (Lipinski definition) is 0. The predicted molar refractivity (Wildman–Crippen MR) is 100 cm³/mol. The molecule has 1 aromatic rings. The summed E-state index contributed by atoms with van der Waals surface area (Å²) in [4.78, 5) is 0. The van der Waals surface area contributed by atoms with E-state index < -0.39 is 0 Å². The van der Waals surface area contributed by atoms with Crippen LogP contribution in [0.5, 0.6) is 0 Å². The second-order valence-corrected chi connectivity index (χ2v) is 10.7. The molecule has 0 aliphatic carbocycles. The van der Waals surface area contributed by atoms with Crippen LogP contribution in [0.25, 0.3) is 0 Å². The highest BCUT2D eigenvalue weighted by Crippen LogP contribution is 2.22. The molecule has 0 nitrogen and oxygen atoms in total. The Bertz CT molecular complexity index is 374. The molecule has 0 saturated carbocycles. The van der Waals surface area contributed by atoms with Crippen LogP contribution in [0.4, 0.5) is 0 Å². The van der Waals surface area contributed by atoms with Crippen LogP contribution >= 0.6 is 0 Å². The van der Waals surface area contributed by atoms with Crippen molar-refractivity contribution in [1.82, 2.24) is 0 Å². The number of aryl methyl sites for hydroxylation is 2. The number of halogens is 2. The van der Waals surface area contributed by atoms with Crippen molar-refractivity contribution >= 4 is 21.8 Å². The lowest BCUT2D eigenvalue weighted by Crippen LogP contribution is -3.00. The van der Waals surface area contributed by atoms with Crippen LogP contribution in [0, 0.1) is 13.8 Å². The van der Waals surface area contributed by atoms with Gasteiger partial charge in [0.25, 0.3) is 0 Å². The number of hydrogen-bond donors (Lipinski definition) is 0. The zero-order valence-electron chi connectivity index (χ0n) is 15.0. The Hall–Kier alpha value is 0.880.